The zero-order valence-electron chi connectivity index (χ0n) is 14.2. The molecule has 0 heterocycles. The number of carbonyl (C=O) groups excluding carboxylic acids is 2. The van der Waals surface area contributed by atoms with Crippen molar-refractivity contribution < 1.29 is 28.2 Å². The molecule has 3 aromatic carbocycles. The molecule has 0 spiro atoms. The van der Waals surface area contributed by atoms with E-state index in [1.807, 2.05) is 0 Å². The predicted octanol–water partition coefficient (Wildman–Crippen LogP) is 4.01. The first-order valence-corrected chi connectivity index (χ1v) is 8.05. The minimum absolute atomic E-state index is 0.120. The van der Waals surface area contributed by atoms with Crippen LogP contribution in [0.3, 0.4) is 0 Å². The summed E-state index contributed by atoms with van der Waals surface area (Å²) < 4.78 is 32.2. The molecule has 1 atom stereocenters. The minimum atomic E-state index is -1.35. The molecule has 0 aliphatic rings. The van der Waals surface area contributed by atoms with Crippen LogP contribution in [0.15, 0.2) is 54.6 Å². The van der Waals surface area contributed by atoms with Crippen molar-refractivity contribution in [3.05, 3.63) is 71.8 Å². The smallest absolute Gasteiger partial charge is 0.342 e. The van der Waals surface area contributed by atoms with Crippen molar-refractivity contribution in [2.75, 3.05) is 5.32 Å². The van der Waals surface area contributed by atoms with E-state index < -0.39 is 35.3 Å². The minimum Gasteiger partial charge on any atom is -0.506 e. The molecule has 138 valence electrons. The van der Waals surface area contributed by atoms with Gasteiger partial charge in [-0.25, -0.2) is 13.6 Å². The highest BCUT2D eigenvalue weighted by molar-refractivity contribution is 6.02. The number of carbonyl (C=O) groups is 2. The summed E-state index contributed by atoms with van der Waals surface area (Å²) in [7, 11) is 0. The fourth-order valence-electron chi connectivity index (χ4n) is 2.54. The van der Waals surface area contributed by atoms with Crippen molar-refractivity contribution in [2.24, 2.45) is 0 Å². The SMILES string of the molecule is C[C@@H](OC(=O)c1ccc2ccccc2c1O)C(=O)Nc1c(F)cccc1F. The molecule has 3 aromatic rings. The third kappa shape index (κ3) is 3.72. The summed E-state index contributed by atoms with van der Waals surface area (Å²) in [5, 5.41) is 13.5. The van der Waals surface area contributed by atoms with Crippen LogP contribution in [0.1, 0.15) is 17.3 Å². The van der Waals surface area contributed by atoms with Crippen molar-refractivity contribution in [3.63, 3.8) is 0 Å². The first kappa shape index (κ1) is 18.3. The molecule has 0 unspecified atom stereocenters. The Kier molecular flexibility index (Phi) is 5.03. The second-order valence-corrected chi connectivity index (χ2v) is 5.82. The second-order valence-electron chi connectivity index (χ2n) is 5.82. The standard InChI is InChI=1S/C20H15F2NO4/c1-11(19(25)23-17-15(21)7-4-8-16(17)22)27-20(26)14-10-9-12-5-2-3-6-13(12)18(14)24/h2-11,24H,1H3,(H,23,25)/t11-/m1/s1. The Morgan fingerprint density at radius 3 is 2.37 bits per heavy atom. The Morgan fingerprint density at radius 1 is 1.00 bits per heavy atom. The molecule has 2 N–H and O–H groups in total. The van der Waals surface area contributed by atoms with Crippen LogP contribution < -0.4 is 5.32 Å². The maximum Gasteiger partial charge on any atom is 0.342 e. The number of rotatable bonds is 4. The summed E-state index contributed by atoms with van der Waals surface area (Å²) in [6.07, 6.45) is -1.35. The number of ether oxygens (including phenoxy) is 1. The zero-order valence-corrected chi connectivity index (χ0v) is 14.2. The van der Waals surface area contributed by atoms with Gasteiger partial charge in [0.25, 0.3) is 5.91 Å². The molecule has 27 heavy (non-hydrogen) atoms. The van der Waals surface area contributed by atoms with Gasteiger partial charge in [0.05, 0.1) is 0 Å². The molecule has 0 saturated heterocycles. The summed E-state index contributed by atoms with van der Waals surface area (Å²) in [5.41, 5.74) is -0.746. The fourth-order valence-corrected chi connectivity index (χ4v) is 2.54. The van der Waals surface area contributed by atoms with E-state index in [0.29, 0.717) is 5.39 Å². The average Bonchev–Trinajstić information content (AvgIpc) is 2.65. The predicted molar refractivity (Wildman–Crippen MR) is 95.5 cm³/mol. The molecule has 0 aliphatic heterocycles. The lowest BCUT2D eigenvalue weighted by atomic mass is 10.1. The molecule has 0 radical (unpaired) electrons. The molecule has 3 rings (SSSR count). The van der Waals surface area contributed by atoms with Gasteiger partial charge >= 0.3 is 5.97 Å². The van der Waals surface area contributed by atoms with Gasteiger partial charge in [-0.15, -0.1) is 0 Å². The van der Waals surface area contributed by atoms with Gasteiger partial charge in [0.2, 0.25) is 0 Å². The van der Waals surface area contributed by atoms with E-state index in [-0.39, 0.29) is 11.3 Å². The van der Waals surface area contributed by atoms with Gasteiger partial charge in [-0.05, 0) is 30.5 Å². The Labute approximate surface area is 153 Å². The maximum absolute atomic E-state index is 13.6. The monoisotopic (exact) mass is 371 g/mol. The summed E-state index contributed by atoms with van der Waals surface area (Å²) >= 11 is 0. The van der Waals surface area contributed by atoms with Crippen molar-refractivity contribution in [3.8, 4) is 5.75 Å². The molecular formula is C20H15F2NO4. The quantitative estimate of drug-likeness (QED) is 0.680. The van der Waals surface area contributed by atoms with Crippen LogP contribution in [0.4, 0.5) is 14.5 Å². The number of halogens is 2. The summed E-state index contributed by atoms with van der Waals surface area (Å²) in [6, 6.07) is 13.0. The van der Waals surface area contributed by atoms with E-state index in [2.05, 4.69) is 5.32 Å². The Hall–Kier alpha value is -3.48. The number of fused-ring (bicyclic) bond motifs is 1. The molecule has 0 bridgehead atoms. The van der Waals surface area contributed by atoms with Crippen LogP contribution >= 0.6 is 0 Å². The van der Waals surface area contributed by atoms with Gasteiger partial charge in [-0.3, -0.25) is 4.79 Å². The highest BCUT2D eigenvalue weighted by Gasteiger charge is 2.23. The van der Waals surface area contributed by atoms with Crippen LogP contribution in [-0.4, -0.2) is 23.1 Å². The lowest BCUT2D eigenvalue weighted by molar-refractivity contribution is -0.123. The van der Waals surface area contributed by atoms with Crippen LogP contribution in [-0.2, 0) is 9.53 Å². The molecule has 7 heteroatoms. The lowest BCUT2D eigenvalue weighted by Gasteiger charge is -2.15. The first-order valence-electron chi connectivity index (χ1n) is 8.05. The Morgan fingerprint density at radius 2 is 1.67 bits per heavy atom. The number of esters is 1. The normalized spacial score (nSPS) is 11.8. The summed E-state index contributed by atoms with van der Waals surface area (Å²) in [6.45, 7) is 1.25. The fraction of sp³-hybridized carbons (Fsp3) is 0.100. The van der Waals surface area contributed by atoms with Crippen molar-refractivity contribution in [2.45, 2.75) is 13.0 Å². The lowest BCUT2D eigenvalue weighted by Crippen LogP contribution is -2.30. The highest BCUT2D eigenvalue weighted by atomic mass is 19.1. The number of amides is 1. The van der Waals surface area contributed by atoms with Crippen LogP contribution in [0.25, 0.3) is 10.8 Å². The molecule has 0 saturated carbocycles. The summed E-state index contributed by atoms with van der Waals surface area (Å²) in [5.74, 6) is -4.02. The number of benzene rings is 3. The number of hydrogen-bond acceptors (Lipinski definition) is 4. The highest BCUT2D eigenvalue weighted by Crippen LogP contribution is 2.29. The Bertz CT molecular complexity index is 1020. The van der Waals surface area contributed by atoms with Gasteiger partial charge < -0.3 is 15.2 Å². The third-order valence-electron chi connectivity index (χ3n) is 3.98. The van der Waals surface area contributed by atoms with E-state index in [1.54, 1.807) is 30.3 Å². The number of phenolic OH excluding ortho intramolecular Hbond substituents is 1. The van der Waals surface area contributed by atoms with Gasteiger partial charge in [0, 0.05) is 5.39 Å². The van der Waals surface area contributed by atoms with Crippen LogP contribution in [0.5, 0.6) is 5.75 Å². The number of aromatic hydroxyl groups is 1. The average molecular weight is 371 g/mol. The molecule has 5 nitrogen and oxygen atoms in total. The van der Waals surface area contributed by atoms with E-state index in [4.69, 9.17) is 4.74 Å². The molecule has 0 aromatic heterocycles. The van der Waals surface area contributed by atoms with E-state index in [9.17, 15) is 23.5 Å². The largest absolute Gasteiger partial charge is 0.506 e. The van der Waals surface area contributed by atoms with Crippen molar-refractivity contribution in [1.82, 2.24) is 0 Å². The van der Waals surface area contributed by atoms with Gasteiger partial charge in [0.1, 0.15) is 28.6 Å². The van der Waals surface area contributed by atoms with Gasteiger partial charge in [-0.1, -0.05) is 36.4 Å². The molecule has 0 fully saturated rings. The van der Waals surface area contributed by atoms with Crippen molar-refractivity contribution in [1.29, 1.82) is 0 Å². The number of nitrogens with one attached hydrogen (secondary N) is 1. The van der Waals surface area contributed by atoms with Gasteiger partial charge in [-0.2, -0.15) is 0 Å². The number of anilines is 1. The van der Waals surface area contributed by atoms with E-state index >= 15 is 0 Å². The number of hydrogen-bond donors (Lipinski definition) is 2. The Balaban J connectivity index is 1.76. The van der Waals surface area contributed by atoms with Crippen molar-refractivity contribution >= 4 is 28.3 Å². The number of phenols is 1. The molecule has 1 amide bonds. The van der Waals surface area contributed by atoms with E-state index in [0.717, 1.165) is 23.6 Å². The molecular weight excluding hydrogens is 356 g/mol. The van der Waals surface area contributed by atoms with Crippen LogP contribution in [0.2, 0.25) is 0 Å². The molecule has 0 aliphatic carbocycles. The summed E-state index contributed by atoms with van der Waals surface area (Å²) in [4.78, 5) is 24.4. The number of para-hydroxylation sites is 1. The van der Waals surface area contributed by atoms with Gasteiger partial charge in [0.15, 0.2) is 6.10 Å². The van der Waals surface area contributed by atoms with E-state index in [1.165, 1.54) is 13.0 Å². The second kappa shape index (κ2) is 7.41. The third-order valence-corrected chi connectivity index (χ3v) is 3.98. The first-order chi connectivity index (χ1) is 12.9. The topological polar surface area (TPSA) is 75.6 Å². The zero-order chi connectivity index (χ0) is 19.6. The maximum atomic E-state index is 13.6. The van der Waals surface area contributed by atoms with Crippen LogP contribution in [0, 0.1) is 11.6 Å².